The maximum atomic E-state index is 13.0. The summed E-state index contributed by atoms with van der Waals surface area (Å²) in [5, 5.41) is 2.84. The van der Waals surface area contributed by atoms with Gasteiger partial charge in [-0.05, 0) is 43.4 Å². The molecule has 1 saturated carbocycles. The summed E-state index contributed by atoms with van der Waals surface area (Å²) in [6, 6.07) is 3.36. The van der Waals surface area contributed by atoms with Gasteiger partial charge in [0.1, 0.15) is 0 Å². The first-order chi connectivity index (χ1) is 8.06. The summed E-state index contributed by atoms with van der Waals surface area (Å²) < 4.78 is 25.7. The number of nitrogens with one attached hydrogen (secondary N) is 1. The fraction of sp³-hybridized carbons (Fsp3) is 0.462. The lowest BCUT2D eigenvalue weighted by Gasteiger charge is -2.12. The number of rotatable bonds is 2. The van der Waals surface area contributed by atoms with E-state index in [4.69, 9.17) is 0 Å². The van der Waals surface area contributed by atoms with Crippen molar-refractivity contribution in [3.63, 3.8) is 0 Å². The lowest BCUT2D eigenvalue weighted by molar-refractivity contribution is 0.0936. The molecule has 1 aliphatic rings. The number of halogens is 2. The van der Waals surface area contributed by atoms with Crippen molar-refractivity contribution in [1.29, 1.82) is 0 Å². The van der Waals surface area contributed by atoms with Crippen LogP contribution in [0.3, 0.4) is 0 Å². The fourth-order valence-corrected chi connectivity index (χ4v) is 2.24. The summed E-state index contributed by atoms with van der Waals surface area (Å²) in [6.45, 7) is 2.14. The van der Waals surface area contributed by atoms with Crippen molar-refractivity contribution in [2.45, 2.75) is 32.2 Å². The van der Waals surface area contributed by atoms with Crippen molar-refractivity contribution in [2.75, 3.05) is 0 Å². The highest BCUT2D eigenvalue weighted by Gasteiger charge is 2.23. The van der Waals surface area contributed by atoms with Crippen molar-refractivity contribution < 1.29 is 13.6 Å². The summed E-state index contributed by atoms with van der Waals surface area (Å²) in [4.78, 5) is 11.8. The second kappa shape index (κ2) is 4.82. The standard InChI is InChI=1S/C13H15F2NO/c1-8-2-4-10(6-8)16-13(17)9-3-5-11(14)12(15)7-9/h3,5,7-8,10H,2,4,6H2,1H3,(H,16,17). The van der Waals surface area contributed by atoms with Gasteiger partial charge in [-0.15, -0.1) is 0 Å². The number of carbonyl (C=O) groups excluding carboxylic acids is 1. The Morgan fingerprint density at radius 3 is 2.65 bits per heavy atom. The van der Waals surface area contributed by atoms with Crippen LogP contribution in [-0.2, 0) is 0 Å². The van der Waals surface area contributed by atoms with Crippen molar-refractivity contribution >= 4 is 5.91 Å². The number of hydrogen-bond donors (Lipinski definition) is 1. The van der Waals surface area contributed by atoms with Gasteiger partial charge in [0.15, 0.2) is 11.6 Å². The predicted molar refractivity (Wildman–Crippen MR) is 60.6 cm³/mol. The molecule has 2 unspecified atom stereocenters. The first-order valence-corrected chi connectivity index (χ1v) is 5.82. The van der Waals surface area contributed by atoms with Crippen molar-refractivity contribution in [3.8, 4) is 0 Å². The summed E-state index contributed by atoms with van der Waals surface area (Å²) in [5.41, 5.74) is 0.170. The van der Waals surface area contributed by atoms with Gasteiger partial charge in [-0.25, -0.2) is 8.78 Å². The summed E-state index contributed by atoms with van der Waals surface area (Å²) in [6.07, 6.45) is 3.01. The third-order valence-corrected chi connectivity index (χ3v) is 3.21. The molecule has 17 heavy (non-hydrogen) atoms. The molecule has 1 aromatic rings. The highest BCUT2D eigenvalue weighted by atomic mass is 19.2. The quantitative estimate of drug-likeness (QED) is 0.844. The van der Waals surface area contributed by atoms with Gasteiger partial charge in [0.05, 0.1) is 0 Å². The molecule has 0 aliphatic heterocycles. The van der Waals surface area contributed by atoms with Gasteiger partial charge in [0.2, 0.25) is 0 Å². The highest BCUT2D eigenvalue weighted by Crippen LogP contribution is 2.24. The molecule has 2 nitrogen and oxygen atoms in total. The predicted octanol–water partition coefficient (Wildman–Crippen LogP) is 2.88. The zero-order chi connectivity index (χ0) is 12.4. The van der Waals surface area contributed by atoms with Crippen molar-refractivity contribution in [2.24, 2.45) is 5.92 Å². The van der Waals surface area contributed by atoms with Crippen LogP contribution in [0.4, 0.5) is 8.78 Å². The molecule has 2 rings (SSSR count). The van der Waals surface area contributed by atoms with E-state index < -0.39 is 11.6 Å². The van der Waals surface area contributed by atoms with Gasteiger partial charge in [0, 0.05) is 11.6 Å². The number of hydrogen-bond acceptors (Lipinski definition) is 1. The Labute approximate surface area is 99.0 Å². The Morgan fingerprint density at radius 1 is 1.29 bits per heavy atom. The Hall–Kier alpha value is -1.45. The topological polar surface area (TPSA) is 29.1 Å². The van der Waals surface area contributed by atoms with Gasteiger partial charge in [-0.1, -0.05) is 6.92 Å². The summed E-state index contributed by atoms with van der Waals surface area (Å²) >= 11 is 0. The van der Waals surface area contributed by atoms with Crippen molar-refractivity contribution in [3.05, 3.63) is 35.4 Å². The van der Waals surface area contributed by atoms with E-state index in [1.807, 2.05) is 0 Å². The minimum absolute atomic E-state index is 0.158. The second-order valence-corrected chi connectivity index (χ2v) is 4.72. The van der Waals surface area contributed by atoms with Crippen LogP contribution in [0.25, 0.3) is 0 Å². The largest absolute Gasteiger partial charge is 0.349 e. The van der Waals surface area contributed by atoms with E-state index in [0.717, 1.165) is 31.4 Å². The fourth-order valence-electron chi connectivity index (χ4n) is 2.24. The lowest BCUT2D eigenvalue weighted by Crippen LogP contribution is -2.32. The molecule has 1 aliphatic carbocycles. The SMILES string of the molecule is CC1CCC(NC(=O)c2ccc(F)c(F)c2)C1. The molecule has 1 N–H and O–H groups in total. The van der Waals surface area contributed by atoms with E-state index in [-0.39, 0.29) is 17.5 Å². The number of amides is 1. The van der Waals surface area contributed by atoms with Gasteiger partial charge in [-0.2, -0.15) is 0 Å². The lowest BCUT2D eigenvalue weighted by atomic mass is 10.1. The van der Waals surface area contributed by atoms with Gasteiger partial charge < -0.3 is 5.32 Å². The Bertz CT molecular complexity index is 433. The maximum absolute atomic E-state index is 13.0. The number of benzene rings is 1. The van der Waals surface area contributed by atoms with Crippen LogP contribution in [0, 0.1) is 17.6 Å². The Kier molecular flexibility index (Phi) is 3.41. The Balaban J connectivity index is 2.02. The molecule has 4 heteroatoms. The van der Waals surface area contributed by atoms with Crippen LogP contribution in [0.15, 0.2) is 18.2 Å². The first-order valence-electron chi connectivity index (χ1n) is 5.82. The smallest absolute Gasteiger partial charge is 0.251 e. The summed E-state index contributed by atoms with van der Waals surface area (Å²) in [7, 11) is 0. The molecular weight excluding hydrogens is 224 g/mol. The zero-order valence-corrected chi connectivity index (χ0v) is 9.67. The molecule has 0 saturated heterocycles. The third kappa shape index (κ3) is 2.81. The van der Waals surface area contributed by atoms with Gasteiger partial charge >= 0.3 is 0 Å². The molecule has 0 heterocycles. The second-order valence-electron chi connectivity index (χ2n) is 4.72. The molecule has 2 atom stereocenters. The zero-order valence-electron chi connectivity index (χ0n) is 9.67. The molecule has 1 amide bonds. The maximum Gasteiger partial charge on any atom is 0.251 e. The highest BCUT2D eigenvalue weighted by molar-refractivity contribution is 5.94. The van der Waals surface area contributed by atoms with E-state index >= 15 is 0 Å². The molecule has 92 valence electrons. The van der Waals surface area contributed by atoms with Crippen LogP contribution < -0.4 is 5.32 Å². The Morgan fingerprint density at radius 2 is 2.06 bits per heavy atom. The molecule has 0 radical (unpaired) electrons. The van der Waals surface area contributed by atoms with Crippen LogP contribution in [0.5, 0.6) is 0 Å². The first kappa shape index (κ1) is 12.0. The average molecular weight is 239 g/mol. The van der Waals surface area contributed by atoms with E-state index in [1.165, 1.54) is 6.07 Å². The van der Waals surface area contributed by atoms with Crippen LogP contribution in [-0.4, -0.2) is 11.9 Å². The monoisotopic (exact) mass is 239 g/mol. The molecule has 0 aromatic heterocycles. The van der Waals surface area contributed by atoms with Gasteiger partial charge in [-0.3, -0.25) is 4.79 Å². The van der Waals surface area contributed by atoms with E-state index in [0.29, 0.717) is 5.92 Å². The van der Waals surface area contributed by atoms with Crippen LogP contribution in [0.1, 0.15) is 36.5 Å². The number of carbonyl (C=O) groups is 1. The molecule has 1 fully saturated rings. The third-order valence-electron chi connectivity index (χ3n) is 3.21. The van der Waals surface area contributed by atoms with Crippen LogP contribution >= 0.6 is 0 Å². The molecular formula is C13H15F2NO. The van der Waals surface area contributed by atoms with E-state index in [1.54, 1.807) is 0 Å². The van der Waals surface area contributed by atoms with E-state index in [9.17, 15) is 13.6 Å². The average Bonchev–Trinajstić information content (AvgIpc) is 2.68. The minimum atomic E-state index is -0.988. The molecule has 0 spiro atoms. The molecule has 0 bridgehead atoms. The van der Waals surface area contributed by atoms with Crippen molar-refractivity contribution in [1.82, 2.24) is 5.32 Å². The van der Waals surface area contributed by atoms with Crippen LogP contribution in [0.2, 0.25) is 0 Å². The summed E-state index contributed by atoms with van der Waals surface area (Å²) in [5.74, 6) is -1.64. The van der Waals surface area contributed by atoms with Gasteiger partial charge in [0.25, 0.3) is 5.91 Å². The minimum Gasteiger partial charge on any atom is -0.349 e. The van der Waals surface area contributed by atoms with E-state index in [2.05, 4.69) is 12.2 Å². The molecule has 1 aromatic carbocycles. The normalized spacial score (nSPS) is 23.7.